The van der Waals surface area contributed by atoms with Crippen molar-refractivity contribution in [2.45, 2.75) is 33.7 Å². The molecule has 2 heterocycles. The third-order valence-electron chi connectivity index (χ3n) is 3.27. The number of aryl methyl sites for hydroxylation is 2. The second-order valence-electron chi connectivity index (χ2n) is 4.66. The van der Waals surface area contributed by atoms with Gasteiger partial charge < -0.3 is 9.73 Å². The maximum atomic E-state index is 12.3. The first-order valence-corrected chi connectivity index (χ1v) is 6.29. The third kappa shape index (κ3) is 2.67. The van der Waals surface area contributed by atoms with Crippen LogP contribution in [0.2, 0.25) is 0 Å². The van der Waals surface area contributed by atoms with Gasteiger partial charge in [0, 0.05) is 11.8 Å². The van der Waals surface area contributed by atoms with Crippen LogP contribution in [0.25, 0.3) is 0 Å². The van der Waals surface area contributed by atoms with Gasteiger partial charge in [-0.05, 0) is 39.8 Å². The van der Waals surface area contributed by atoms with Crippen molar-refractivity contribution in [3.8, 4) is 0 Å². The molecular weight excluding hydrogens is 240 g/mol. The minimum absolute atomic E-state index is 0.120. The van der Waals surface area contributed by atoms with Crippen LogP contribution >= 0.6 is 0 Å². The van der Waals surface area contributed by atoms with Crippen LogP contribution in [0.5, 0.6) is 0 Å². The summed E-state index contributed by atoms with van der Waals surface area (Å²) >= 11 is 0. The smallest absolute Gasteiger partial charge is 0.255 e. The second-order valence-corrected chi connectivity index (χ2v) is 4.66. The lowest BCUT2D eigenvalue weighted by atomic mass is 10.1. The van der Waals surface area contributed by atoms with E-state index >= 15 is 0 Å². The van der Waals surface area contributed by atoms with Crippen molar-refractivity contribution in [2.75, 3.05) is 0 Å². The van der Waals surface area contributed by atoms with Crippen LogP contribution in [0, 0.1) is 20.8 Å². The average molecular weight is 258 g/mol. The van der Waals surface area contributed by atoms with Gasteiger partial charge in [0.05, 0.1) is 17.3 Å². The molecule has 100 valence electrons. The fourth-order valence-corrected chi connectivity index (χ4v) is 2.10. The van der Waals surface area contributed by atoms with E-state index in [4.69, 9.17) is 4.42 Å². The molecule has 0 bridgehead atoms. The summed E-state index contributed by atoms with van der Waals surface area (Å²) in [5.74, 6) is 1.32. The van der Waals surface area contributed by atoms with E-state index in [-0.39, 0.29) is 11.9 Å². The fourth-order valence-electron chi connectivity index (χ4n) is 2.10. The van der Waals surface area contributed by atoms with Crippen molar-refractivity contribution in [2.24, 2.45) is 0 Å². The topological polar surface area (TPSA) is 55.1 Å². The number of carbonyl (C=O) groups is 1. The summed E-state index contributed by atoms with van der Waals surface area (Å²) in [6, 6.07) is 5.52. The Labute approximate surface area is 112 Å². The highest BCUT2D eigenvalue weighted by Gasteiger charge is 2.20. The summed E-state index contributed by atoms with van der Waals surface area (Å²) < 4.78 is 5.48. The molecule has 0 saturated carbocycles. The van der Waals surface area contributed by atoms with Crippen LogP contribution in [0.4, 0.5) is 0 Å². The number of pyridine rings is 1. The van der Waals surface area contributed by atoms with E-state index in [1.54, 1.807) is 13.1 Å². The molecule has 2 aromatic heterocycles. The lowest BCUT2D eigenvalue weighted by Crippen LogP contribution is -2.27. The summed E-state index contributed by atoms with van der Waals surface area (Å²) in [5, 5.41) is 2.95. The van der Waals surface area contributed by atoms with Crippen molar-refractivity contribution in [3.63, 3.8) is 0 Å². The normalized spacial score (nSPS) is 12.2. The number of furan rings is 1. The molecular formula is C15H18N2O2. The number of aromatic nitrogens is 1. The molecule has 2 aromatic rings. The summed E-state index contributed by atoms with van der Waals surface area (Å²) in [6.07, 6.45) is 1.72. The standard InChI is InChI=1S/C15H18N2O2/c1-9-11(3)19-12(4)14(9)15(18)17-10(2)13-7-5-6-8-16-13/h5-8,10H,1-4H3,(H,17,18). The molecule has 1 N–H and O–H groups in total. The molecule has 1 amide bonds. The summed E-state index contributed by atoms with van der Waals surface area (Å²) in [5.41, 5.74) is 2.36. The molecule has 0 aliphatic heterocycles. The van der Waals surface area contributed by atoms with Gasteiger partial charge >= 0.3 is 0 Å². The molecule has 19 heavy (non-hydrogen) atoms. The van der Waals surface area contributed by atoms with Crippen molar-refractivity contribution in [1.82, 2.24) is 10.3 Å². The van der Waals surface area contributed by atoms with Crippen LogP contribution in [0.3, 0.4) is 0 Å². The zero-order chi connectivity index (χ0) is 14.0. The number of hydrogen-bond donors (Lipinski definition) is 1. The first kappa shape index (κ1) is 13.3. The second kappa shape index (κ2) is 5.26. The number of nitrogens with one attached hydrogen (secondary N) is 1. The van der Waals surface area contributed by atoms with Gasteiger partial charge in [-0.3, -0.25) is 9.78 Å². The minimum atomic E-state index is -0.136. The van der Waals surface area contributed by atoms with Crippen LogP contribution in [0.1, 0.15) is 46.1 Å². The lowest BCUT2D eigenvalue weighted by Gasteiger charge is -2.13. The molecule has 1 unspecified atom stereocenters. The van der Waals surface area contributed by atoms with Crippen LogP contribution in [0.15, 0.2) is 28.8 Å². The third-order valence-corrected chi connectivity index (χ3v) is 3.27. The Kier molecular flexibility index (Phi) is 3.69. The quantitative estimate of drug-likeness (QED) is 0.920. The molecule has 4 nitrogen and oxygen atoms in total. The number of carbonyl (C=O) groups excluding carboxylic acids is 1. The predicted octanol–water partition coefficient (Wildman–Crippen LogP) is 3.09. The van der Waals surface area contributed by atoms with Crippen molar-refractivity contribution >= 4 is 5.91 Å². The van der Waals surface area contributed by atoms with Gasteiger partial charge in [-0.15, -0.1) is 0 Å². The minimum Gasteiger partial charge on any atom is -0.466 e. The van der Waals surface area contributed by atoms with Gasteiger partial charge in [-0.1, -0.05) is 6.07 Å². The Morgan fingerprint density at radius 2 is 2.00 bits per heavy atom. The Hall–Kier alpha value is -2.10. The molecule has 0 radical (unpaired) electrons. The van der Waals surface area contributed by atoms with Gasteiger partial charge in [0.1, 0.15) is 11.5 Å². The van der Waals surface area contributed by atoms with E-state index in [9.17, 15) is 4.79 Å². The van der Waals surface area contributed by atoms with Crippen molar-refractivity contribution in [1.29, 1.82) is 0 Å². The largest absolute Gasteiger partial charge is 0.466 e. The maximum Gasteiger partial charge on any atom is 0.255 e. The highest BCUT2D eigenvalue weighted by molar-refractivity contribution is 5.97. The molecule has 0 spiro atoms. The predicted molar refractivity (Wildman–Crippen MR) is 73.0 cm³/mol. The first-order chi connectivity index (χ1) is 9.00. The van der Waals surface area contributed by atoms with Gasteiger partial charge in [-0.2, -0.15) is 0 Å². The highest BCUT2D eigenvalue weighted by Crippen LogP contribution is 2.21. The Bertz CT molecular complexity index is 588. The van der Waals surface area contributed by atoms with Gasteiger partial charge in [0.2, 0.25) is 0 Å². The van der Waals surface area contributed by atoms with E-state index in [2.05, 4.69) is 10.3 Å². The van der Waals surface area contributed by atoms with Crippen LogP contribution in [-0.2, 0) is 0 Å². The van der Waals surface area contributed by atoms with E-state index in [1.807, 2.05) is 39.0 Å². The Morgan fingerprint density at radius 3 is 2.53 bits per heavy atom. The number of hydrogen-bond acceptors (Lipinski definition) is 3. The molecule has 0 aliphatic rings. The number of amides is 1. The van der Waals surface area contributed by atoms with E-state index in [0.717, 1.165) is 17.0 Å². The van der Waals surface area contributed by atoms with Crippen LogP contribution < -0.4 is 5.32 Å². The molecule has 2 rings (SSSR count). The number of nitrogens with zero attached hydrogens (tertiary/aromatic N) is 1. The Balaban J connectivity index is 2.18. The summed E-state index contributed by atoms with van der Waals surface area (Å²) in [6.45, 7) is 7.48. The van der Waals surface area contributed by atoms with Gasteiger partial charge in [-0.25, -0.2) is 0 Å². The lowest BCUT2D eigenvalue weighted by molar-refractivity contribution is 0.0937. The van der Waals surface area contributed by atoms with E-state index in [1.165, 1.54) is 0 Å². The zero-order valence-corrected chi connectivity index (χ0v) is 11.7. The van der Waals surface area contributed by atoms with E-state index < -0.39 is 0 Å². The van der Waals surface area contributed by atoms with E-state index in [0.29, 0.717) is 11.3 Å². The monoisotopic (exact) mass is 258 g/mol. The molecule has 1 atom stereocenters. The summed E-state index contributed by atoms with van der Waals surface area (Å²) in [4.78, 5) is 16.5. The van der Waals surface area contributed by atoms with Crippen molar-refractivity contribution < 1.29 is 9.21 Å². The van der Waals surface area contributed by atoms with Gasteiger partial charge in [0.25, 0.3) is 5.91 Å². The van der Waals surface area contributed by atoms with Gasteiger partial charge in [0.15, 0.2) is 0 Å². The zero-order valence-electron chi connectivity index (χ0n) is 11.7. The maximum absolute atomic E-state index is 12.3. The Morgan fingerprint density at radius 1 is 1.26 bits per heavy atom. The molecule has 0 aromatic carbocycles. The molecule has 4 heteroatoms. The van der Waals surface area contributed by atoms with Crippen molar-refractivity contribution in [3.05, 3.63) is 52.7 Å². The SMILES string of the molecule is Cc1oc(C)c(C(=O)NC(C)c2ccccn2)c1C. The first-order valence-electron chi connectivity index (χ1n) is 6.29. The summed E-state index contributed by atoms with van der Waals surface area (Å²) in [7, 11) is 0. The fraction of sp³-hybridized carbons (Fsp3) is 0.333. The molecule has 0 aliphatic carbocycles. The number of rotatable bonds is 3. The average Bonchev–Trinajstić information content (AvgIpc) is 2.64. The molecule has 0 saturated heterocycles. The molecule has 0 fully saturated rings. The highest BCUT2D eigenvalue weighted by atomic mass is 16.3. The van der Waals surface area contributed by atoms with Crippen LogP contribution in [-0.4, -0.2) is 10.9 Å².